The lowest BCUT2D eigenvalue weighted by Crippen LogP contribution is -2.28. The maximum atomic E-state index is 11.3. The Balaban J connectivity index is 2.51. The predicted molar refractivity (Wildman–Crippen MR) is 79.1 cm³/mol. The Morgan fingerprint density at radius 2 is 2.43 bits per heavy atom. The van der Waals surface area contributed by atoms with E-state index in [1.54, 1.807) is 0 Å². The quantitative estimate of drug-likeness (QED) is 0.683. The zero-order chi connectivity index (χ0) is 15.6. The summed E-state index contributed by atoms with van der Waals surface area (Å²) in [5.74, 6) is -0.156. The van der Waals surface area contributed by atoms with Crippen molar-refractivity contribution in [2.45, 2.75) is 19.8 Å². The monoisotopic (exact) mass is 303 g/mol. The van der Waals surface area contributed by atoms with Gasteiger partial charge in [-0.3, -0.25) is 4.79 Å². The number of halogens is 1. The highest BCUT2D eigenvalue weighted by Crippen LogP contribution is 2.38. The van der Waals surface area contributed by atoms with Crippen LogP contribution in [0, 0.1) is 23.8 Å². The molecule has 1 amide bonds. The van der Waals surface area contributed by atoms with Crippen molar-refractivity contribution >= 4 is 29.0 Å². The van der Waals surface area contributed by atoms with Crippen LogP contribution in [-0.2, 0) is 11.2 Å². The Labute approximate surface area is 127 Å². The number of nitriles is 1. The normalized spacial score (nSPS) is 17.3. The van der Waals surface area contributed by atoms with E-state index < -0.39 is 0 Å². The van der Waals surface area contributed by atoms with Gasteiger partial charge in [-0.05, 0) is 18.4 Å². The molecule has 1 unspecified atom stereocenters. The summed E-state index contributed by atoms with van der Waals surface area (Å²) in [6.45, 7) is 10.3. The zero-order valence-electron chi connectivity index (χ0n) is 11.6. The summed E-state index contributed by atoms with van der Waals surface area (Å²) >= 11 is 6.06. The fourth-order valence-corrected chi connectivity index (χ4v) is 2.80. The van der Waals surface area contributed by atoms with Gasteiger partial charge in [0.05, 0.1) is 18.1 Å². The number of rotatable bonds is 3. The molecule has 0 saturated carbocycles. The highest BCUT2D eigenvalue weighted by Gasteiger charge is 2.30. The average molecular weight is 304 g/mol. The van der Waals surface area contributed by atoms with E-state index in [2.05, 4.69) is 9.83 Å². The first-order chi connectivity index (χ1) is 10.0. The first kappa shape index (κ1) is 15.1. The van der Waals surface area contributed by atoms with E-state index in [0.717, 1.165) is 0 Å². The summed E-state index contributed by atoms with van der Waals surface area (Å²) in [6, 6.07) is 2.00. The summed E-state index contributed by atoms with van der Waals surface area (Å²) in [5, 5.41) is 9.27. The van der Waals surface area contributed by atoms with Crippen molar-refractivity contribution in [2.24, 2.45) is 11.7 Å². The van der Waals surface area contributed by atoms with Crippen LogP contribution in [0.1, 0.15) is 24.5 Å². The number of nitrogens with zero attached hydrogens (tertiary/aromatic N) is 4. The van der Waals surface area contributed by atoms with Crippen molar-refractivity contribution in [1.82, 2.24) is 4.98 Å². The molecule has 1 aliphatic rings. The number of amides is 1. The Kier molecular flexibility index (Phi) is 4.30. The van der Waals surface area contributed by atoms with Crippen molar-refractivity contribution < 1.29 is 4.79 Å². The number of nitrogens with two attached hydrogens (primary N) is 1. The van der Waals surface area contributed by atoms with Gasteiger partial charge in [0.15, 0.2) is 0 Å². The molecule has 6 nitrogen and oxygen atoms in total. The highest BCUT2D eigenvalue weighted by atomic mass is 35.5. The van der Waals surface area contributed by atoms with Gasteiger partial charge in [0.1, 0.15) is 17.0 Å². The minimum Gasteiger partial charge on any atom is -0.369 e. The molecule has 0 aliphatic carbocycles. The van der Waals surface area contributed by atoms with Gasteiger partial charge in [-0.1, -0.05) is 18.5 Å². The number of aromatic nitrogens is 1. The summed E-state index contributed by atoms with van der Waals surface area (Å²) in [5.41, 5.74) is 6.51. The third-order valence-electron chi connectivity index (χ3n) is 3.68. The molecule has 1 aromatic heterocycles. The minimum absolute atomic E-state index is 0.0966. The van der Waals surface area contributed by atoms with Gasteiger partial charge in [-0.2, -0.15) is 5.26 Å². The molecule has 21 heavy (non-hydrogen) atoms. The molecule has 0 radical (unpaired) electrons. The molecule has 1 saturated heterocycles. The lowest BCUT2D eigenvalue weighted by atomic mass is 10.1. The van der Waals surface area contributed by atoms with Crippen LogP contribution < -0.4 is 10.6 Å². The maximum absolute atomic E-state index is 11.3. The van der Waals surface area contributed by atoms with Gasteiger partial charge in [0, 0.05) is 13.1 Å². The third-order valence-corrected chi connectivity index (χ3v) is 3.95. The van der Waals surface area contributed by atoms with Gasteiger partial charge in [0.2, 0.25) is 11.6 Å². The van der Waals surface area contributed by atoms with Crippen molar-refractivity contribution in [3.05, 3.63) is 27.7 Å². The number of anilines is 1. The topological polar surface area (TPSA) is 87.4 Å². The van der Waals surface area contributed by atoms with Gasteiger partial charge < -0.3 is 10.6 Å². The molecule has 7 heteroatoms. The summed E-state index contributed by atoms with van der Waals surface area (Å²) < 4.78 is 0. The van der Waals surface area contributed by atoms with Crippen LogP contribution in [-0.4, -0.2) is 24.0 Å². The van der Waals surface area contributed by atoms with Crippen LogP contribution in [0.3, 0.4) is 0 Å². The average Bonchev–Trinajstić information content (AvgIpc) is 2.95. The Hall–Kier alpha value is -2.31. The first-order valence-corrected chi connectivity index (χ1v) is 6.95. The number of hydrogen-bond acceptors (Lipinski definition) is 4. The van der Waals surface area contributed by atoms with Crippen molar-refractivity contribution in [2.75, 3.05) is 18.0 Å². The van der Waals surface area contributed by atoms with Crippen molar-refractivity contribution in [3.63, 3.8) is 0 Å². The van der Waals surface area contributed by atoms with Crippen molar-refractivity contribution in [3.8, 4) is 6.07 Å². The summed E-state index contributed by atoms with van der Waals surface area (Å²) in [6.07, 6.45) is 1.15. The van der Waals surface area contributed by atoms with Crippen molar-refractivity contribution in [1.29, 1.82) is 5.26 Å². The Morgan fingerprint density at radius 3 is 2.90 bits per heavy atom. The van der Waals surface area contributed by atoms with Gasteiger partial charge in [-0.25, -0.2) is 9.83 Å². The molecule has 0 aromatic carbocycles. The van der Waals surface area contributed by atoms with E-state index in [9.17, 15) is 4.79 Å². The van der Waals surface area contributed by atoms with E-state index >= 15 is 0 Å². The first-order valence-electron chi connectivity index (χ1n) is 6.57. The van der Waals surface area contributed by atoms with Gasteiger partial charge >= 0.3 is 0 Å². The molecule has 2 N–H and O–H groups in total. The molecule has 1 aliphatic heterocycles. The summed E-state index contributed by atoms with van der Waals surface area (Å²) in [7, 11) is 0. The van der Waals surface area contributed by atoms with Gasteiger partial charge in [-0.15, -0.1) is 0 Å². The zero-order valence-corrected chi connectivity index (χ0v) is 12.3. The number of primary amides is 1. The second-order valence-corrected chi connectivity index (χ2v) is 5.20. The highest BCUT2D eigenvalue weighted by molar-refractivity contribution is 6.31. The molecule has 0 bridgehead atoms. The predicted octanol–water partition coefficient (Wildman–Crippen LogP) is 2.03. The molecular formula is C14H14ClN5O. The minimum atomic E-state index is -0.350. The SMILES string of the molecule is [C-]#[N+]c1c(N2CCC(C(N)=O)C2)nc(Cl)c(C#N)c1CC. The lowest BCUT2D eigenvalue weighted by Gasteiger charge is -2.21. The molecule has 1 fully saturated rings. The van der Waals surface area contributed by atoms with Crippen LogP contribution in [0.2, 0.25) is 5.15 Å². The second kappa shape index (κ2) is 5.99. The van der Waals surface area contributed by atoms with E-state index in [-0.39, 0.29) is 22.5 Å². The second-order valence-electron chi connectivity index (χ2n) is 4.84. The number of pyridine rings is 1. The van der Waals surface area contributed by atoms with Crippen LogP contribution in [0.15, 0.2) is 0 Å². The summed E-state index contributed by atoms with van der Waals surface area (Å²) in [4.78, 5) is 20.8. The molecular weight excluding hydrogens is 290 g/mol. The smallest absolute Gasteiger partial charge is 0.232 e. The van der Waals surface area contributed by atoms with E-state index in [4.69, 9.17) is 29.2 Å². The number of carbonyl (C=O) groups excluding carboxylic acids is 1. The largest absolute Gasteiger partial charge is 0.369 e. The molecule has 1 aromatic rings. The lowest BCUT2D eigenvalue weighted by molar-refractivity contribution is -0.121. The Bertz CT molecular complexity index is 673. The number of hydrogen-bond donors (Lipinski definition) is 1. The van der Waals surface area contributed by atoms with E-state index in [1.807, 2.05) is 17.9 Å². The molecule has 2 heterocycles. The van der Waals surface area contributed by atoms with E-state index in [1.165, 1.54) is 0 Å². The van der Waals surface area contributed by atoms with Crippen LogP contribution >= 0.6 is 11.6 Å². The molecule has 1 atom stereocenters. The standard InChI is InChI=1S/C14H14ClN5O/c1-3-9-10(6-16)12(15)19-14(11(9)18-2)20-5-4-8(7-20)13(17)21/h8H,3-5,7H2,1H3,(H2,17,21). The fourth-order valence-electron chi connectivity index (χ4n) is 2.56. The van der Waals surface area contributed by atoms with Crippen LogP contribution in [0.5, 0.6) is 0 Å². The maximum Gasteiger partial charge on any atom is 0.232 e. The van der Waals surface area contributed by atoms with Gasteiger partial charge in [0.25, 0.3) is 0 Å². The van der Waals surface area contributed by atoms with Crippen LogP contribution in [0.4, 0.5) is 11.5 Å². The number of carbonyl (C=O) groups is 1. The molecule has 2 rings (SSSR count). The third kappa shape index (κ3) is 2.63. The Morgan fingerprint density at radius 1 is 1.71 bits per heavy atom. The molecule has 108 valence electrons. The fraction of sp³-hybridized carbons (Fsp3) is 0.429. The van der Waals surface area contributed by atoms with Crippen LogP contribution in [0.25, 0.3) is 4.85 Å². The van der Waals surface area contributed by atoms with E-state index in [0.29, 0.717) is 43.0 Å². The molecule has 0 spiro atoms.